The Balaban J connectivity index is 2.05. The van der Waals surface area contributed by atoms with Crippen molar-refractivity contribution < 1.29 is 0 Å². The standard InChI is InChI=1S/C15H20N6/c1-4-7-17-15(16)19-10-13-5-6-14(18-9-13)21-12(3)8-11(2)20-21/h4-6,8-9H,1,7,10H2,2-3H3,(H3,16,17,19). The Kier molecular flexibility index (Phi) is 4.71. The molecule has 21 heavy (non-hydrogen) atoms. The maximum Gasteiger partial charge on any atom is 0.189 e. The van der Waals surface area contributed by atoms with Crippen LogP contribution in [0.2, 0.25) is 0 Å². The summed E-state index contributed by atoms with van der Waals surface area (Å²) in [6, 6.07) is 5.92. The summed E-state index contributed by atoms with van der Waals surface area (Å²) in [6.07, 6.45) is 3.52. The molecule has 2 aromatic heterocycles. The molecular formula is C15H20N6. The molecule has 6 nitrogen and oxygen atoms in total. The summed E-state index contributed by atoms with van der Waals surface area (Å²) in [5.41, 5.74) is 8.73. The maximum absolute atomic E-state index is 5.71. The van der Waals surface area contributed by atoms with Crippen molar-refractivity contribution >= 4 is 5.96 Å². The topological polar surface area (TPSA) is 81.1 Å². The van der Waals surface area contributed by atoms with Gasteiger partial charge in [0.1, 0.15) is 0 Å². The molecule has 3 N–H and O–H groups in total. The van der Waals surface area contributed by atoms with Gasteiger partial charge in [0.25, 0.3) is 0 Å². The van der Waals surface area contributed by atoms with E-state index in [1.165, 1.54) is 0 Å². The molecule has 2 heterocycles. The third kappa shape index (κ3) is 3.92. The van der Waals surface area contributed by atoms with Crippen LogP contribution in [0.1, 0.15) is 17.0 Å². The average Bonchev–Trinajstić information content (AvgIpc) is 2.82. The quantitative estimate of drug-likeness (QED) is 0.495. The van der Waals surface area contributed by atoms with E-state index in [1.807, 2.05) is 36.7 Å². The van der Waals surface area contributed by atoms with E-state index >= 15 is 0 Å². The number of aromatic nitrogens is 3. The maximum atomic E-state index is 5.71. The fourth-order valence-electron chi connectivity index (χ4n) is 1.91. The van der Waals surface area contributed by atoms with E-state index in [0.29, 0.717) is 19.0 Å². The van der Waals surface area contributed by atoms with Gasteiger partial charge in [0.05, 0.1) is 12.2 Å². The molecule has 0 amide bonds. The zero-order valence-corrected chi connectivity index (χ0v) is 12.4. The Hall–Kier alpha value is -2.63. The van der Waals surface area contributed by atoms with E-state index in [2.05, 4.69) is 27.0 Å². The molecule has 0 saturated heterocycles. The van der Waals surface area contributed by atoms with Crippen LogP contribution in [-0.4, -0.2) is 27.3 Å². The van der Waals surface area contributed by atoms with Crippen LogP contribution in [-0.2, 0) is 6.54 Å². The molecule has 2 rings (SSSR count). The van der Waals surface area contributed by atoms with Gasteiger partial charge in [-0.2, -0.15) is 5.10 Å². The van der Waals surface area contributed by atoms with Crippen molar-refractivity contribution in [1.29, 1.82) is 0 Å². The molecule has 0 aliphatic rings. The Morgan fingerprint density at radius 2 is 2.29 bits per heavy atom. The summed E-state index contributed by atoms with van der Waals surface area (Å²) >= 11 is 0. The average molecular weight is 284 g/mol. The number of nitrogens with two attached hydrogens (primary N) is 1. The lowest BCUT2D eigenvalue weighted by molar-refractivity contribution is 0.803. The van der Waals surface area contributed by atoms with Crippen LogP contribution in [0.3, 0.4) is 0 Å². The predicted molar refractivity (Wildman–Crippen MR) is 84.4 cm³/mol. The lowest BCUT2D eigenvalue weighted by Gasteiger charge is -2.05. The normalized spacial score (nSPS) is 11.4. The predicted octanol–water partition coefficient (Wildman–Crippen LogP) is 1.47. The summed E-state index contributed by atoms with van der Waals surface area (Å²) in [6.45, 7) is 8.66. The van der Waals surface area contributed by atoms with Crippen LogP contribution < -0.4 is 11.1 Å². The van der Waals surface area contributed by atoms with Crippen LogP contribution in [0.25, 0.3) is 5.82 Å². The van der Waals surface area contributed by atoms with Crippen molar-refractivity contribution in [2.45, 2.75) is 20.4 Å². The lowest BCUT2D eigenvalue weighted by Crippen LogP contribution is -2.31. The van der Waals surface area contributed by atoms with E-state index in [-0.39, 0.29) is 0 Å². The molecule has 0 fully saturated rings. The molecule has 0 unspecified atom stereocenters. The zero-order chi connectivity index (χ0) is 15.2. The number of pyridine rings is 1. The van der Waals surface area contributed by atoms with Gasteiger partial charge in [0, 0.05) is 18.4 Å². The van der Waals surface area contributed by atoms with Crippen LogP contribution in [0.5, 0.6) is 0 Å². The van der Waals surface area contributed by atoms with Crippen molar-refractivity contribution in [2.75, 3.05) is 6.54 Å². The second-order valence-corrected chi connectivity index (χ2v) is 4.73. The number of nitrogens with one attached hydrogen (secondary N) is 1. The molecule has 0 aliphatic carbocycles. The van der Waals surface area contributed by atoms with Crippen molar-refractivity contribution in [2.24, 2.45) is 10.7 Å². The molecule has 0 spiro atoms. The highest BCUT2D eigenvalue weighted by Gasteiger charge is 2.04. The van der Waals surface area contributed by atoms with Gasteiger partial charge in [0.2, 0.25) is 0 Å². The summed E-state index contributed by atoms with van der Waals surface area (Å²) < 4.78 is 1.82. The Labute approximate surface area is 124 Å². The first-order chi connectivity index (χ1) is 10.1. The number of guanidine groups is 1. The van der Waals surface area contributed by atoms with Crippen LogP contribution in [0.15, 0.2) is 42.0 Å². The second kappa shape index (κ2) is 6.69. The molecule has 110 valence electrons. The number of hydrogen-bond donors (Lipinski definition) is 2. The first-order valence-corrected chi connectivity index (χ1v) is 6.73. The smallest absolute Gasteiger partial charge is 0.189 e. The first-order valence-electron chi connectivity index (χ1n) is 6.73. The third-order valence-electron chi connectivity index (χ3n) is 2.90. The molecule has 0 saturated carbocycles. The number of aryl methyl sites for hydroxylation is 2. The number of aliphatic imine (C=N–C) groups is 1. The van der Waals surface area contributed by atoms with E-state index in [9.17, 15) is 0 Å². The van der Waals surface area contributed by atoms with Crippen molar-refractivity contribution in [1.82, 2.24) is 20.1 Å². The third-order valence-corrected chi connectivity index (χ3v) is 2.90. The van der Waals surface area contributed by atoms with Crippen LogP contribution in [0, 0.1) is 13.8 Å². The molecule has 0 radical (unpaired) electrons. The highest BCUT2D eigenvalue weighted by atomic mass is 15.3. The fourth-order valence-corrected chi connectivity index (χ4v) is 1.91. The Morgan fingerprint density at radius 1 is 1.48 bits per heavy atom. The van der Waals surface area contributed by atoms with E-state index in [4.69, 9.17) is 5.73 Å². The number of hydrogen-bond acceptors (Lipinski definition) is 3. The van der Waals surface area contributed by atoms with Gasteiger partial charge in [-0.05, 0) is 31.5 Å². The van der Waals surface area contributed by atoms with E-state index in [1.54, 1.807) is 12.3 Å². The van der Waals surface area contributed by atoms with Gasteiger partial charge in [-0.1, -0.05) is 12.1 Å². The van der Waals surface area contributed by atoms with Gasteiger partial charge in [-0.15, -0.1) is 6.58 Å². The van der Waals surface area contributed by atoms with E-state index in [0.717, 1.165) is 22.8 Å². The number of nitrogens with zero attached hydrogens (tertiary/aromatic N) is 4. The minimum Gasteiger partial charge on any atom is -0.370 e. The van der Waals surface area contributed by atoms with Crippen LogP contribution in [0.4, 0.5) is 0 Å². The fraction of sp³-hybridized carbons (Fsp3) is 0.267. The highest BCUT2D eigenvalue weighted by Crippen LogP contribution is 2.10. The molecule has 0 bridgehead atoms. The SMILES string of the molecule is C=CCNC(N)=NCc1ccc(-n2nc(C)cc2C)nc1. The van der Waals surface area contributed by atoms with Crippen molar-refractivity contribution in [3.8, 4) is 5.82 Å². The minimum absolute atomic E-state index is 0.400. The number of rotatable bonds is 5. The summed E-state index contributed by atoms with van der Waals surface area (Å²) in [7, 11) is 0. The first kappa shape index (κ1) is 14.8. The van der Waals surface area contributed by atoms with Gasteiger partial charge in [-0.25, -0.2) is 14.7 Å². The van der Waals surface area contributed by atoms with Gasteiger partial charge < -0.3 is 11.1 Å². The lowest BCUT2D eigenvalue weighted by atomic mass is 10.3. The largest absolute Gasteiger partial charge is 0.370 e. The molecule has 6 heteroatoms. The zero-order valence-electron chi connectivity index (χ0n) is 12.4. The van der Waals surface area contributed by atoms with Crippen molar-refractivity contribution in [3.63, 3.8) is 0 Å². The van der Waals surface area contributed by atoms with Gasteiger partial charge in [0.15, 0.2) is 11.8 Å². The monoisotopic (exact) mass is 284 g/mol. The molecule has 0 atom stereocenters. The molecular weight excluding hydrogens is 264 g/mol. The molecule has 0 aliphatic heterocycles. The highest BCUT2D eigenvalue weighted by molar-refractivity contribution is 5.77. The van der Waals surface area contributed by atoms with Crippen LogP contribution >= 0.6 is 0 Å². The van der Waals surface area contributed by atoms with E-state index < -0.39 is 0 Å². The van der Waals surface area contributed by atoms with Gasteiger partial charge in [-0.3, -0.25) is 0 Å². The summed E-state index contributed by atoms with van der Waals surface area (Å²) in [5.74, 6) is 1.20. The van der Waals surface area contributed by atoms with Gasteiger partial charge >= 0.3 is 0 Å². The molecule has 2 aromatic rings. The summed E-state index contributed by atoms with van der Waals surface area (Å²) in [5, 5.41) is 7.33. The van der Waals surface area contributed by atoms with Crippen molar-refractivity contribution in [3.05, 3.63) is 54.0 Å². The Bertz CT molecular complexity index is 639. The molecule has 0 aromatic carbocycles. The second-order valence-electron chi connectivity index (χ2n) is 4.73. The Morgan fingerprint density at radius 3 is 2.86 bits per heavy atom. The minimum atomic E-state index is 0.400. The summed E-state index contributed by atoms with van der Waals surface area (Å²) in [4.78, 5) is 8.65.